The predicted octanol–water partition coefficient (Wildman–Crippen LogP) is 5.52. The zero-order valence-electron chi connectivity index (χ0n) is 16.5. The van der Waals surface area contributed by atoms with E-state index in [2.05, 4.69) is 65.6 Å². The summed E-state index contributed by atoms with van der Waals surface area (Å²) in [7, 11) is 0. The number of rotatable bonds is 10. The zero-order chi connectivity index (χ0) is 18.0. The monoisotopic (exact) mass is 351 g/mol. The Morgan fingerprint density at radius 2 is 1.65 bits per heavy atom. The molecule has 2 heteroatoms. The van der Waals surface area contributed by atoms with Gasteiger partial charge in [0.05, 0.1) is 0 Å². The van der Waals surface area contributed by atoms with Gasteiger partial charge in [0.2, 0.25) is 0 Å². The van der Waals surface area contributed by atoms with E-state index >= 15 is 0 Å². The Labute approximate surface area is 160 Å². The average Bonchev–Trinajstić information content (AvgIpc) is 2.70. The van der Waals surface area contributed by atoms with Crippen LogP contribution >= 0.6 is 0 Å². The van der Waals surface area contributed by atoms with Crippen molar-refractivity contribution in [2.24, 2.45) is 0 Å². The molecule has 2 aromatic carbocycles. The standard InChI is InChI=1S/C24H35N2/c1-2-25(16-8-3-4-9-17-26-18-10-5-11-19-26)21-22-14-15-23-12-6-7-13-24(23)20-22/h5-7,12-15,20H,2-4,8-11,16-19,21H2,1H3. The van der Waals surface area contributed by atoms with Gasteiger partial charge in [-0.3, -0.25) is 4.90 Å². The first kappa shape index (κ1) is 19.4. The van der Waals surface area contributed by atoms with Crippen molar-refractivity contribution in [2.45, 2.75) is 52.0 Å². The number of fused-ring (bicyclic) bond motifs is 1. The average molecular weight is 352 g/mol. The fourth-order valence-corrected chi connectivity index (χ4v) is 4.00. The molecule has 0 N–H and O–H groups in total. The second-order valence-electron chi connectivity index (χ2n) is 7.67. The normalized spacial score (nSPS) is 15.8. The third kappa shape index (κ3) is 6.10. The first-order chi connectivity index (χ1) is 12.8. The molecular weight excluding hydrogens is 316 g/mol. The van der Waals surface area contributed by atoms with Gasteiger partial charge >= 0.3 is 0 Å². The van der Waals surface area contributed by atoms with Gasteiger partial charge in [0.1, 0.15) is 0 Å². The van der Waals surface area contributed by atoms with Gasteiger partial charge in [0, 0.05) is 6.54 Å². The van der Waals surface area contributed by atoms with Crippen LogP contribution in [0.15, 0.2) is 42.5 Å². The summed E-state index contributed by atoms with van der Waals surface area (Å²) in [5, 5.41) is 2.70. The van der Waals surface area contributed by atoms with E-state index in [4.69, 9.17) is 0 Å². The van der Waals surface area contributed by atoms with Crippen molar-refractivity contribution < 1.29 is 0 Å². The molecule has 2 aromatic rings. The molecule has 141 valence electrons. The Bertz CT molecular complexity index is 645. The highest BCUT2D eigenvalue weighted by atomic mass is 15.1. The van der Waals surface area contributed by atoms with Gasteiger partial charge in [-0.15, -0.1) is 0 Å². The van der Waals surface area contributed by atoms with E-state index in [1.807, 2.05) is 0 Å². The molecule has 0 spiro atoms. The Kier molecular flexibility index (Phi) is 7.97. The highest BCUT2D eigenvalue weighted by Gasteiger charge is 2.09. The maximum absolute atomic E-state index is 2.64. The second-order valence-corrected chi connectivity index (χ2v) is 7.67. The van der Waals surface area contributed by atoms with Gasteiger partial charge in [0.25, 0.3) is 0 Å². The van der Waals surface area contributed by atoms with Crippen LogP contribution in [0.2, 0.25) is 0 Å². The van der Waals surface area contributed by atoms with Gasteiger partial charge in [-0.2, -0.15) is 0 Å². The summed E-state index contributed by atoms with van der Waals surface area (Å²) in [5.41, 5.74) is 1.44. The first-order valence-electron chi connectivity index (χ1n) is 10.6. The Balaban J connectivity index is 1.34. The molecule has 0 atom stereocenters. The van der Waals surface area contributed by atoms with Crippen molar-refractivity contribution in [1.82, 2.24) is 9.80 Å². The van der Waals surface area contributed by atoms with Crippen LogP contribution in [0.4, 0.5) is 0 Å². The van der Waals surface area contributed by atoms with Crippen LogP contribution in [-0.4, -0.2) is 42.5 Å². The lowest BCUT2D eigenvalue weighted by Gasteiger charge is -2.26. The topological polar surface area (TPSA) is 6.48 Å². The Morgan fingerprint density at radius 1 is 0.885 bits per heavy atom. The van der Waals surface area contributed by atoms with Crippen molar-refractivity contribution in [3.63, 3.8) is 0 Å². The van der Waals surface area contributed by atoms with Crippen LogP contribution in [0, 0.1) is 6.42 Å². The van der Waals surface area contributed by atoms with Crippen molar-refractivity contribution in [3.05, 3.63) is 54.4 Å². The molecule has 0 aliphatic carbocycles. The minimum absolute atomic E-state index is 1.08. The lowest BCUT2D eigenvalue weighted by molar-refractivity contribution is 0.244. The fourth-order valence-electron chi connectivity index (χ4n) is 4.00. The summed E-state index contributed by atoms with van der Waals surface area (Å²) < 4.78 is 0. The van der Waals surface area contributed by atoms with Crippen LogP contribution in [0.25, 0.3) is 10.8 Å². The number of hydrogen-bond acceptors (Lipinski definition) is 2. The largest absolute Gasteiger partial charge is 0.303 e. The summed E-state index contributed by atoms with van der Waals surface area (Å²) >= 11 is 0. The predicted molar refractivity (Wildman–Crippen MR) is 113 cm³/mol. The molecule has 0 bridgehead atoms. The molecule has 0 saturated carbocycles. The third-order valence-corrected chi connectivity index (χ3v) is 5.66. The van der Waals surface area contributed by atoms with Crippen LogP contribution < -0.4 is 0 Å². The highest BCUT2D eigenvalue weighted by Crippen LogP contribution is 2.17. The van der Waals surface area contributed by atoms with Gasteiger partial charge in [-0.1, -0.05) is 56.2 Å². The molecule has 1 heterocycles. The van der Waals surface area contributed by atoms with Gasteiger partial charge < -0.3 is 4.90 Å². The lowest BCUT2D eigenvalue weighted by Crippen LogP contribution is -2.30. The molecule has 0 unspecified atom stereocenters. The van der Waals surface area contributed by atoms with Gasteiger partial charge in [0.15, 0.2) is 0 Å². The highest BCUT2D eigenvalue weighted by molar-refractivity contribution is 5.82. The van der Waals surface area contributed by atoms with Gasteiger partial charge in [-0.25, -0.2) is 0 Å². The Hall–Kier alpha value is -1.38. The molecule has 2 nitrogen and oxygen atoms in total. The van der Waals surface area contributed by atoms with Crippen LogP contribution in [0.3, 0.4) is 0 Å². The molecule has 26 heavy (non-hydrogen) atoms. The van der Waals surface area contributed by atoms with Gasteiger partial charge in [-0.05, 0) is 87.2 Å². The first-order valence-corrected chi connectivity index (χ1v) is 10.6. The minimum Gasteiger partial charge on any atom is -0.303 e. The van der Waals surface area contributed by atoms with E-state index in [-0.39, 0.29) is 0 Å². The summed E-state index contributed by atoms with van der Waals surface area (Å²) in [6.07, 6.45) is 10.5. The number of unbranched alkanes of at least 4 members (excludes halogenated alkanes) is 3. The quantitative estimate of drug-likeness (QED) is 0.520. The Morgan fingerprint density at radius 3 is 2.46 bits per heavy atom. The molecule has 1 aliphatic heterocycles. The van der Waals surface area contributed by atoms with Crippen LogP contribution in [0.1, 0.15) is 51.0 Å². The maximum Gasteiger partial charge on any atom is 0.0233 e. The van der Waals surface area contributed by atoms with Crippen molar-refractivity contribution in [2.75, 3.05) is 32.7 Å². The smallest absolute Gasteiger partial charge is 0.0233 e. The van der Waals surface area contributed by atoms with E-state index < -0.39 is 0 Å². The summed E-state index contributed by atoms with van der Waals surface area (Å²) in [6.45, 7) is 9.60. The zero-order valence-corrected chi connectivity index (χ0v) is 16.5. The lowest BCUT2D eigenvalue weighted by atomic mass is 10.1. The molecule has 0 aromatic heterocycles. The maximum atomic E-state index is 2.64. The minimum atomic E-state index is 1.08. The van der Waals surface area contributed by atoms with Crippen LogP contribution in [-0.2, 0) is 6.54 Å². The van der Waals surface area contributed by atoms with Crippen LogP contribution in [0.5, 0.6) is 0 Å². The van der Waals surface area contributed by atoms with E-state index in [0.717, 1.165) is 13.1 Å². The SMILES string of the molecule is CCN(CCCCCCN1CC[CH]CC1)Cc1ccc2ccccc2c1. The van der Waals surface area contributed by atoms with Crippen molar-refractivity contribution in [3.8, 4) is 0 Å². The summed E-state index contributed by atoms with van der Waals surface area (Å²) in [4.78, 5) is 5.22. The van der Waals surface area contributed by atoms with E-state index in [0.29, 0.717) is 0 Å². The molecule has 0 amide bonds. The van der Waals surface area contributed by atoms with E-state index in [1.54, 1.807) is 0 Å². The van der Waals surface area contributed by atoms with Crippen molar-refractivity contribution in [1.29, 1.82) is 0 Å². The molecular formula is C24H35N2. The molecule has 1 aliphatic rings. The van der Waals surface area contributed by atoms with E-state index in [1.165, 1.54) is 81.0 Å². The molecule has 1 radical (unpaired) electrons. The number of piperidine rings is 1. The summed E-state index contributed by atoms with van der Waals surface area (Å²) in [5.74, 6) is 0. The van der Waals surface area contributed by atoms with E-state index in [9.17, 15) is 0 Å². The number of nitrogens with zero attached hydrogens (tertiary/aromatic N) is 2. The number of hydrogen-bond donors (Lipinski definition) is 0. The number of likely N-dealkylation sites (tertiary alicyclic amines) is 1. The molecule has 3 rings (SSSR count). The fraction of sp³-hybridized carbons (Fsp3) is 0.542. The second kappa shape index (κ2) is 10.7. The number of benzene rings is 2. The molecule has 1 saturated heterocycles. The summed E-state index contributed by atoms with van der Waals surface area (Å²) in [6, 6.07) is 15.6. The third-order valence-electron chi connectivity index (χ3n) is 5.66. The molecule has 1 fully saturated rings. The van der Waals surface area contributed by atoms with Crippen molar-refractivity contribution >= 4 is 10.8 Å².